The van der Waals surface area contributed by atoms with Crippen LogP contribution in [0.25, 0.3) is 22.2 Å². The molecule has 1 spiro atoms. The fourth-order valence-corrected chi connectivity index (χ4v) is 15.0. The quantitative estimate of drug-likeness (QED) is 0.0746. The van der Waals surface area contributed by atoms with Crippen molar-refractivity contribution in [1.29, 1.82) is 0 Å². The van der Waals surface area contributed by atoms with Gasteiger partial charge in [-0.15, -0.1) is 0 Å². The second kappa shape index (κ2) is 21.8. The highest BCUT2D eigenvalue weighted by atomic mass is 35.5. The molecule has 9 heterocycles. The van der Waals surface area contributed by atoms with E-state index in [9.17, 15) is 23.7 Å². The molecule has 0 radical (unpaired) electrons. The first kappa shape index (κ1) is 53.6. The number of hydrogen-bond acceptors (Lipinski definition) is 17. The highest BCUT2D eigenvalue weighted by Crippen LogP contribution is 2.45. The molecular weight excluding hydrogens is 1060 g/mol. The van der Waals surface area contributed by atoms with E-state index in [0.717, 1.165) is 112 Å². The van der Waals surface area contributed by atoms with Crippen molar-refractivity contribution in [1.82, 2.24) is 49.7 Å². The van der Waals surface area contributed by atoms with Gasteiger partial charge in [0.15, 0.2) is 5.82 Å². The summed E-state index contributed by atoms with van der Waals surface area (Å²) in [5.41, 5.74) is 7.39. The van der Waals surface area contributed by atoms with Gasteiger partial charge in [0.1, 0.15) is 29.5 Å². The minimum atomic E-state index is -2.84. The highest BCUT2D eigenvalue weighted by molar-refractivity contribution is 7.71. The number of methoxy groups -OCH3 is 1. The van der Waals surface area contributed by atoms with Crippen LogP contribution in [0.4, 0.5) is 34.5 Å². The first-order chi connectivity index (χ1) is 38.6. The molecule has 1 unspecified atom stereocenters. The molecule has 22 heteroatoms. The molecule has 20 nitrogen and oxygen atoms in total. The molecule has 4 amide bonds. The first-order valence-corrected chi connectivity index (χ1v) is 31.0. The number of fused-ring (bicyclic) bond motifs is 2. The zero-order valence-corrected chi connectivity index (χ0v) is 47.4. The van der Waals surface area contributed by atoms with E-state index in [4.69, 9.17) is 21.3 Å². The van der Waals surface area contributed by atoms with Gasteiger partial charge in [0.2, 0.25) is 17.8 Å². The van der Waals surface area contributed by atoms with Gasteiger partial charge in [-0.05, 0) is 138 Å². The summed E-state index contributed by atoms with van der Waals surface area (Å²) >= 11 is 6.70. The maximum Gasteiger partial charge on any atom is 0.262 e. The van der Waals surface area contributed by atoms with E-state index >= 15 is 0 Å². The minimum Gasteiger partial charge on any atom is -0.494 e. The van der Waals surface area contributed by atoms with Crippen molar-refractivity contribution in [3.05, 3.63) is 89.6 Å². The van der Waals surface area contributed by atoms with Gasteiger partial charge in [-0.1, -0.05) is 11.6 Å². The number of rotatable bonds is 13. The SMILES string of the molecule is COc1cc(N2CCC(N3CCC(CN4CCCC5(CCN(c6ccc7c(c6)C(=O)N(C6CCC(=O)NC6=O)C7=O)CC5)C4)CC3)CC2)c(-c2cnn(C)c2)cc1Nc1ncc(Cl)c(Nc2ccc3nccnc3c2P(C)(C)=O)n1. The molecule has 3 N–H and O–H groups in total. The smallest absolute Gasteiger partial charge is 0.262 e. The zero-order valence-electron chi connectivity index (χ0n) is 45.8. The van der Waals surface area contributed by atoms with E-state index in [2.05, 4.69) is 67.7 Å². The molecule has 3 aromatic heterocycles. The summed E-state index contributed by atoms with van der Waals surface area (Å²) < 4.78 is 21.5. The van der Waals surface area contributed by atoms with Gasteiger partial charge in [-0.25, -0.2) is 4.98 Å². The molecule has 0 aliphatic carbocycles. The topological polar surface area (TPSA) is 216 Å². The van der Waals surface area contributed by atoms with Gasteiger partial charge in [-0.2, -0.15) is 10.1 Å². The van der Waals surface area contributed by atoms with Crippen LogP contribution in [0.1, 0.15) is 84.9 Å². The van der Waals surface area contributed by atoms with Crippen LogP contribution in [0.3, 0.4) is 0 Å². The lowest BCUT2D eigenvalue weighted by Gasteiger charge is -2.49. The lowest BCUT2D eigenvalue weighted by molar-refractivity contribution is -0.136. The average molecular weight is 1120 g/mol. The van der Waals surface area contributed by atoms with Crippen LogP contribution in [0.2, 0.25) is 5.02 Å². The number of benzene rings is 3. The molecule has 6 aliphatic rings. The standard InChI is InChI=1S/C58H68ClN14O6P/c1-68-34-37(31-63-68)41-29-46(65-57-62-32-43(59)53(67-57)64-45-9-8-44-51(61-20-19-60-44)52(45)80(3,4)78)49(79-2)30-48(41)72-24-14-38(15-25-72)70-22-12-36(13-23-70)33-69-21-5-16-58(35-69)17-26-71(27-18-58)39-6-7-40-42(28-39)56(77)73(55(40)76)47-10-11-50(74)66-54(47)75/h6-9,19-20,28-32,34,36,38,47H,5,10-18,21-27,33,35H2,1-4H3,(H,66,74,75)(H2,62,64,65,67). The number of ether oxygens (including phenoxy) is 1. The molecule has 3 aromatic carbocycles. The Balaban J connectivity index is 0.652. The van der Waals surface area contributed by atoms with E-state index in [1.165, 1.54) is 31.9 Å². The molecular formula is C58H68ClN14O6P. The monoisotopic (exact) mass is 1120 g/mol. The number of hydrogen-bond donors (Lipinski definition) is 3. The predicted octanol–water partition coefficient (Wildman–Crippen LogP) is 7.68. The van der Waals surface area contributed by atoms with Crippen LogP contribution in [0.15, 0.2) is 73.4 Å². The number of nitrogens with one attached hydrogen (secondary N) is 3. The van der Waals surface area contributed by atoms with Crippen molar-refractivity contribution in [3.8, 4) is 16.9 Å². The summed E-state index contributed by atoms with van der Waals surface area (Å²) in [5.74, 6) is 0.0335. The van der Waals surface area contributed by atoms with Gasteiger partial charge in [-0.3, -0.25) is 44.0 Å². The lowest BCUT2D eigenvalue weighted by Crippen LogP contribution is -2.54. The van der Waals surface area contributed by atoms with Crippen molar-refractivity contribution >= 4 is 93.2 Å². The number of piperidine rings is 5. The van der Waals surface area contributed by atoms with E-state index in [0.29, 0.717) is 68.3 Å². The Morgan fingerprint density at radius 1 is 0.800 bits per heavy atom. The molecule has 418 valence electrons. The number of halogens is 1. The Hall–Kier alpha value is -6.99. The Kier molecular flexibility index (Phi) is 14.6. The second-order valence-corrected chi connectivity index (χ2v) is 26.6. The van der Waals surface area contributed by atoms with Gasteiger partial charge >= 0.3 is 0 Å². The summed E-state index contributed by atoms with van der Waals surface area (Å²) in [7, 11) is 0.752. The number of imide groups is 2. The van der Waals surface area contributed by atoms with Gasteiger partial charge in [0.25, 0.3) is 11.8 Å². The van der Waals surface area contributed by atoms with Crippen molar-refractivity contribution in [2.24, 2.45) is 18.4 Å². The third-order valence-corrected chi connectivity index (χ3v) is 19.4. The van der Waals surface area contributed by atoms with Gasteiger partial charge in [0, 0.05) is 106 Å². The molecule has 5 fully saturated rings. The van der Waals surface area contributed by atoms with Gasteiger partial charge in [0.05, 0.1) is 52.8 Å². The number of carbonyl (C=O) groups is 4. The van der Waals surface area contributed by atoms with E-state index < -0.39 is 30.9 Å². The van der Waals surface area contributed by atoms with E-state index in [1.807, 2.05) is 48.4 Å². The van der Waals surface area contributed by atoms with Crippen LogP contribution >= 0.6 is 18.7 Å². The molecule has 6 aromatic rings. The van der Waals surface area contributed by atoms with Crippen molar-refractivity contribution in [3.63, 3.8) is 0 Å². The lowest BCUT2D eigenvalue weighted by atomic mass is 9.72. The number of anilines is 6. The predicted molar refractivity (Wildman–Crippen MR) is 310 cm³/mol. The molecule has 6 aliphatic heterocycles. The Morgan fingerprint density at radius 3 is 2.31 bits per heavy atom. The van der Waals surface area contributed by atoms with Crippen LogP contribution < -0.4 is 35.8 Å². The molecule has 0 saturated carbocycles. The number of carbonyl (C=O) groups excluding carboxylic acids is 4. The second-order valence-electron chi connectivity index (χ2n) is 23.0. The number of aryl methyl sites for hydroxylation is 1. The first-order valence-electron chi connectivity index (χ1n) is 28.0. The summed E-state index contributed by atoms with van der Waals surface area (Å²) in [5, 5.41) is 14.4. The molecule has 80 heavy (non-hydrogen) atoms. The zero-order chi connectivity index (χ0) is 55.5. The molecule has 12 rings (SSSR count). The van der Waals surface area contributed by atoms with Crippen molar-refractivity contribution < 1.29 is 28.5 Å². The fourth-order valence-electron chi connectivity index (χ4n) is 13.4. The third kappa shape index (κ3) is 10.6. The summed E-state index contributed by atoms with van der Waals surface area (Å²) in [6.45, 7) is 12.7. The minimum absolute atomic E-state index is 0.0972. The van der Waals surface area contributed by atoms with Crippen LogP contribution in [0, 0.1) is 11.3 Å². The van der Waals surface area contributed by atoms with Gasteiger partial charge < -0.3 is 39.5 Å². The third-order valence-electron chi connectivity index (χ3n) is 17.6. The van der Waals surface area contributed by atoms with Crippen molar-refractivity contribution in [2.45, 2.75) is 76.3 Å². The largest absolute Gasteiger partial charge is 0.494 e. The highest BCUT2D eigenvalue weighted by Gasteiger charge is 2.46. The number of amides is 4. The normalized spacial score (nSPS) is 20.7. The van der Waals surface area contributed by atoms with Crippen LogP contribution in [-0.2, 0) is 21.2 Å². The molecule has 0 bridgehead atoms. The van der Waals surface area contributed by atoms with E-state index in [-0.39, 0.29) is 29.2 Å². The molecule has 1 atom stereocenters. The number of likely N-dealkylation sites (tertiary alicyclic amines) is 2. The Bertz CT molecular complexity index is 3460. The van der Waals surface area contributed by atoms with Crippen molar-refractivity contribution in [2.75, 3.05) is 99.8 Å². The van der Waals surface area contributed by atoms with E-state index in [1.54, 1.807) is 38.9 Å². The number of aromatic nitrogens is 6. The average Bonchev–Trinajstić information content (AvgIpc) is 4.06. The van der Waals surface area contributed by atoms with Crippen LogP contribution in [-0.4, -0.2) is 159 Å². The molecule has 5 saturated heterocycles. The summed E-state index contributed by atoms with van der Waals surface area (Å²) in [6, 6.07) is 12.9. The number of nitrogens with zero attached hydrogens (tertiary/aromatic N) is 11. The fraction of sp³-hybridized carbons (Fsp3) is 0.466. The van der Waals surface area contributed by atoms with Crippen LogP contribution in [0.5, 0.6) is 5.75 Å². The maximum atomic E-state index is 13.7. The summed E-state index contributed by atoms with van der Waals surface area (Å²) in [4.78, 5) is 80.9. The Labute approximate surface area is 470 Å². The maximum absolute atomic E-state index is 13.7. The Morgan fingerprint density at radius 2 is 1.57 bits per heavy atom. The summed E-state index contributed by atoms with van der Waals surface area (Å²) in [6.07, 6.45) is 18.1.